The Morgan fingerprint density at radius 3 is 2.70 bits per heavy atom. The number of hydrogen-bond donors (Lipinski definition) is 1. The van der Waals surface area contributed by atoms with Gasteiger partial charge in [0.1, 0.15) is 5.82 Å². The molecule has 0 bridgehead atoms. The molecule has 7 heteroatoms. The highest BCUT2D eigenvalue weighted by Gasteiger charge is 2.20. The van der Waals surface area contributed by atoms with E-state index in [0.717, 1.165) is 78.1 Å². The number of fused-ring (bicyclic) bond motifs is 1. The van der Waals surface area contributed by atoms with Crippen LogP contribution in [0.25, 0.3) is 0 Å². The number of anilines is 3. The van der Waals surface area contributed by atoms with Crippen LogP contribution >= 0.6 is 11.6 Å². The summed E-state index contributed by atoms with van der Waals surface area (Å²) < 4.78 is 5.41. The Morgan fingerprint density at radius 1 is 1.03 bits per heavy atom. The molecule has 0 unspecified atom stereocenters. The van der Waals surface area contributed by atoms with Crippen molar-refractivity contribution in [2.75, 3.05) is 36.5 Å². The molecule has 2 aliphatic rings. The number of aryl methyl sites for hydroxylation is 1. The van der Waals surface area contributed by atoms with Gasteiger partial charge in [-0.3, -0.25) is 0 Å². The zero-order chi connectivity index (χ0) is 20.5. The van der Waals surface area contributed by atoms with Crippen molar-refractivity contribution in [1.29, 1.82) is 0 Å². The SMILES string of the molecule is Cc1cnc2c(c1)CC(c1cc(Nc3ccc(N4CCOCC4)cn3)ccc1Cl)=N2. The second-order valence-corrected chi connectivity index (χ2v) is 7.96. The van der Waals surface area contributed by atoms with E-state index in [9.17, 15) is 0 Å². The zero-order valence-electron chi connectivity index (χ0n) is 16.7. The fourth-order valence-electron chi connectivity index (χ4n) is 3.80. The topological polar surface area (TPSA) is 62.6 Å². The number of hydrogen-bond acceptors (Lipinski definition) is 6. The first-order valence-corrected chi connectivity index (χ1v) is 10.4. The number of benzene rings is 1. The van der Waals surface area contributed by atoms with Gasteiger partial charge < -0.3 is 15.0 Å². The number of rotatable bonds is 4. The summed E-state index contributed by atoms with van der Waals surface area (Å²) >= 11 is 6.50. The second-order valence-electron chi connectivity index (χ2n) is 7.55. The lowest BCUT2D eigenvalue weighted by Gasteiger charge is -2.28. The molecule has 0 atom stereocenters. The summed E-state index contributed by atoms with van der Waals surface area (Å²) in [5, 5.41) is 4.05. The number of aromatic nitrogens is 2. The van der Waals surface area contributed by atoms with E-state index >= 15 is 0 Å². The van der Waals surface area contributed by atoms with Crippen molar-refractivity contribution in [2.24, 2.45) is 4.99 Å². The van der Waals surface area contributed by atoms with Gasteiger partial charge in [0.25, 0.3) is 0 Å². The Kier molecular flexibility index (Phi) is 5.11. The maximum atomic E-state index is 6.50. The fourth-order valence-corrected chi connectivity index (χ4v) is 4.02. The summed E-state index contributed by atoms with van der Waals surface area (Å²) in [5.41, 5.74) is 6.16. The lowest BCUT2D eigenvalue weighted by molar-refractivity contribution is 0.122. The van der Waals surface area contributed by atoms with Crippen molar-refractivity contribution in [3.8, 4) is 0 Å². The highest BCUT2D eigenvalue weighted by atomic mass is 35.5. The molecule has 4 heterocycles. The minimum absolute atomic E-state index is 0.680. The Morgan fingerprint density at radius 2 is 1.90 bits per heavy atom. The molecule has 0 aliphatic carbocycles. The lowest BCUT2D eigenvalue weighted by Crippen LogP contribution is -2.36. The van der Waals surface area contributed by atoms with E-state index < -0.39 is 0 Å². The highest BCUT2D eigenvalue weighted by Crippen LogP contribution is 2.31. The molecule has 0 radical (unpaired) electrons. The molecule has 3 aromatic rings. The van der Waals surface area contributed by atoms with Crippen LogP contribution in [0.4, 0.5) is 23.0 Å². The standard InChI is InChI=1S/C23H22ClN5O/c1-15-10-16-11-21(28-23(16)26-13-15)19-12-17(2-4-20(19)24)27-22-5-3-18(14-25-22)29-6-8-30-9-7-29/h2-5,10,12-14H,6-9,11H2,1H3,(H,25,27). The van der Waals surface area contributed by atoms with Crippen LogP contribution in [0, 0.1) is 6.92 Å². The second kappa shape index (κ2) is 8.05. The molecule has 2 aliphatic heterocycles. The minimum atomic E-state index is 0.680. The predicted molar refractivity (Wildman–Crippen MR) is 121 cm³/mol. The van der Waals surface area contributed by atoms with Gasteiger partial charge in [-0.05, 0) is 42.8 Å². The van der Waals surface area contributed by atoms with Gasteiger partial charge in [0, 0.05) is 47.5 Å². The van der Waals surface area contributed by atoms with Crippen LogP contribution in [0.3, 0.4) is 0 Å². The molecule has 1 fully saturated rings. The van der Waals surface area contributed by atoms with Gasteiger partial charge in [-0.1, -0.05) is 17.7 Å². The molecule has 30 heavy (non-hydrogen) atoms. The lowest BCUT2D eigenvalue weighted by atomic mass is 10.0. The molecule has 1 aromatic carbocycles. The first-order valence-electron chi connectivity index (χ1n) is 10.0. The van der Waals surface area contributed by atoms with E-state index in [4.69, 9.17) is 21.3 Å². The maximum absolute atomic E-state index is 6.50. The molecule has 5 rings (SSSR count). The average Bonchev–Trinajstić information content (AvgIpc) is 3.19. The van der Waals surface area contributed by atoms with Crippen LogP contribution in [-0.2, 0) is 11.2 Å². The number of aliphatic imine (C=N–C) groups is 1. The van der Waals surface area contributed by atoms with Crippen molar-refractivity contribution in [3.05, 3.63) is 70.5 Å². The summed E-state index contributed by atoms with van der Waals surface area (Å²) in [5.74, 6) is 1.57. The molecule has 152 valence electrons. The number of pyridine rings is 2. The largest absolute Gasteiger partial charge is 0.378 e. The van der Waals surface area contributed by atoms with Gasteiger partial charge in [0.05, 0.1) is 30.8 Å². The van der Waals surface area contributed by atoms with Gasteiger partial charge in [0.15, 0.2) is 5.82 Å². The predicted octanol–water partition coefficient (Wildman–Crippen LogP) is 4.70. The van der Waals surface area contributed by atoms with Gasteiger partial charge in [0.2, 0.25) is 0 Å². The molecule has 1 saturated heterocycles. The van der Waals surface area contributed by atoms with Gasteiger partial charge in [-0.25, -0.2) is 15.0 Å². The number of ether oxygens (including phenoxy) is 1. The van der Waals surface area contributed by atoms with Crippen LogP contribution in [0.5, 0.6) is 0 Å². The van der Waals surface area contributed by atoms with Crippen molar-refractivity contribution in [3.63, 3.8) is 0 Å². The Balaban J connectivity index is 1.34. The van der Waals surface area contributed by atoms with E-state index in [0.29, 0.717) is 5.02 Å². The van der Waals surface area contributed by atoms with E-state index in [1.807, 2.05) is 43.6 Å². The van der Waals surface area contributed by atoms with E-state index in [2.05, 4.69) is 32.3 Å². The summed E-state index contributed by atoms with van der Waals surface area (Å²) in [6.07, 6.45) is 4.48. The normalized spacial score (nSPS) is 15.7. The number of nitrogens with one attached hydrogen (secondary N) is 1. The van der Waals surface area contributed by atoms with Gasteiger partial charge in [-0.2, -0.15) is 0 Å². The van der Waals surface area contributed by atoms with Crippen molar-refractivity contribution < 1.29 is 4.74 Å². The third-order valence-electron chi connectivity index (χ3n) is 5.35. The third-order valence-corrected chi connectivity index (χ3v) is 5.68. The monoisotopic (exact) mass is 419 g/mol. The van der Waals surface area contributed by atoms with E-state index in [-0.39, 0.29) is 0 Å². The molecule has 2 aromatic heterocycles. The highest BCUT2D eigenvalue weighted by molar-refractivity contribution is 6.34. The fraction of sp³-hybridized carbons (Fsp3) is 0.261. The van der Waals surface area contributed by atoms with Crippen LogP contribution < -0.4 is 10.2 Å². The maximum Gasteiger partial charge on any atom is 0.155 e. The summed E-state index contributed by atoms with van der Waals surface area (Å²) in [6, 6.07) is 12.1. The number of halogens is 1. The molecule has 0 spiro atoms. The molecule has 0 amide bonds. The van der Waals surface area contributed by atoms with Gasteiger partial charge in [-0.15, -0.1) is 0 Å². The van der Waals surface area contributed by atoms with E-state index in [1.54, 1.807) is 0 Å². The molecular formula is C23H22ClN5O. The summed E-state index contributed by atoms with van der Waals surface area (Å²) in [4.78, 5) is 16.0. The smallest absolute Gasteiger partial charge is 0.155 e. The molecule has 0 saturated carbocycles. The van der Waals surface area contributed by atoms with Crippen LogP contribution in [-0.4, -0.2) is 42.0 Å². The number of nitrogens with zero attached hydrogens (tertiary/aromatic N) is 4. The Hall–Kier alpha value is -2.96. The van der Waals surface area contributed by atoms with Crippen LogP contribution in [0.1, 0.15) is 16.7 Å². The first-order chi connectivity index (χ1) is 14.7. The molecular weight excluding hydrogens is 398 g/mol. The van der Waals surface area contributed by atoms with Crippen LogP contribution in [0.2, 0.25) is 5.02 Å². The number of morpholine rings is 1. The average molecular weight is 420 g/mol. The third kappa shape index (κ3) is 3.88. The zero-order valence-corrected chi connectivity index (χ0v) is 17.5. The molecule has 1 N–H and O–H groups in total. The first kappa shape index (κ1) is 19.0. The summed E-state index contributed by atoms with van der Waals surface area (Å²) in [7, 11) is 0. The van der Waals surface area contributed by atoms with Crippen molar-refractivity contribution in [1.82, 2.24) is 9.97 Å². The Bertz CT molecular complexity index is 1110. The van der Waals surface area contributed by atoms with Crippen molar-refractivity contribution >= 4 is 40.3 Å². The Labute approximate surface area is 180 Å². The van der Waals surface area contributed by atoms with Gasteiger partial charge >= 0.3 is 0 Å². The molecule has 6 nitrogen and oxygen atoms in total. The van der Waals surface area contributed by atoms with E-state index in [1.165, 1.54) is 0 Å². The van der Waals surface area contributed by atoms with Crippen LogP contribution in [0.15, 0.2) is 53.8 Å². The quantitative estimate of drug-likeness (QED) is 0.664. The summed E-state index contributed by atoms with van der Waals surface area (Å²) in [6.45, 7) is 5.36. The minimum Gasteiger partial charge on any atom is -0.378 e. The van der Waals surface area contributed by atoms with Crippen molar-refractivity contribution in [2.45, 2.75) is 13.3 Å².